The maximum absolute atomic E-state index is 11.9. The molecular formula is C17H22N4O2. The number of hydrogen-bond donors (Lipinski definition) is 3. The number of fused-ring (bicyclic) bond motifs is 1. The lowest BCUT2D eigenvalue weighted by Gasteiger charge is -2.15. The predicted molar refractivity (Wildman–Crippen MR) is 89.4 cm³/mol. The van der Waals surface area contributed by atoms with Crippen molar-refractivity contribution in [1.82, 2.24) is 15.6 Å². The summed E-state index contributed by atoms with van der Waals surface area (Å²) in [5.41, 5.74) is 7.52. The second-order valence-corrected chi connectivity index (χ2v) is 5.76. The number of pyridine rings is 1. The molecule has 6 heteroatoms. The molecule has 0 fully saturated rings. The van der Waals surface area contributed by atoms with Crippen LogP contribution in [0.1, 0.15) is 19.4 Å². The molecule has 1 atom stereocenters. The SMILES string of the molecule is CC(C)[C@H](N)C(=O)NCC(=O)NCc1cccc2cccnc12. The molecule has 0 saturated heterocycles. The molecule has 0 radical (unpaired) electrons. The lowest BCUT2D eigenvalue weighted by atomic mass is 10.1. The van der Waals surface area contributed by atoms with Gasteiger partial charge in [0.05, 0.1) is 18.1 Å². The highest BCUT2D eigenvalue weighted by molar-refractivity contribution is 5.87. The summed E-state index contributed by atoms with van der Waals surface area (Å²) in [5, 5.41) is 6.35. The van der Waals surface area contributed by atoms with Crippen molar-refractivity contribution >= 4 is 22.7 Å². The molecule has 2 aromatic rings. The van der Waals surface area contributed by atoms with Crippen molar-refractivity contribution in [2.24, 2.45) is 11.7 Å². The first kappa shape index (κ1) is 16.9. The van der Waals surface area contributed by atoms with Gasteiger partial charge in [-0.25, -0.2) is 0 Å². The number of aromatic nitrogens is 1. The van der Waals surface area contributed by atoms with Crippen LogP contribution in [0.25, 0.3) is 10.9 Å². The summed E-state index contributed by atoms with van der Waals surface area (Å²) in [7, 11) is 0. The van der Waals surface area contributed by atoms with Gasteiger partial charge in [-0.15, -0.1) is 0 Å². The molecule has 2 rings (SSSR count). The van der Waals surface area contributed by atoms with Crippen LogP contribution in [-0.2, 0) is 16.1 Å². The van der Waals surface area contributed by atoms with Gasteiger partial charge in [0, 0.05) is 18.1 Å². The highest BCUT2D eigenvalue weighted by Crippen LogP contribution is 2.15. The zero-order valence-corrected chi connectivity index (χ0v) is 13.4. The van der Waals surface area contributed by atoms with Crippen LogP contribution in [0.2, 0.25) is 0 Å². The fourth-order valence-electron chi connectivity index (χ4n) is 2.15. The number of benzene rings is 1. The summed E-state index contributed by atoms with van der Waals surface area (Å²) in [4.78, 5) is 27.9. The second kappa shape index (κ2) is 7.69. The molecule has 1 aromatic carbocycles. The molecule has 23 heavy (non-hydrogen) atoms. The van der Waals surface area contributed by atoms with E-state index in [2.05, 4.69) is 15.6 Å². The Morgan fingerprint density at radius 2 is 1.91 bits per heavy atom. The number of nitrogens with two attached hydrogens (primary N) is 1. The van der Waals surface area contributed by atoms with Crippen LogP contribution in [0.5, 0.6) is 0 Å². The Morgan fingerprint density at radius 3 is 2.65 bits per heavy atom. The molecule has 1 heterocycles. The second-order valence-electron chi connectivity index (χ2n) is 5.76. The number of rotatable bonds is 6. The zero-order valence-electron chi connectivity index (χ0n) is 13.4. The third kappa shape index (κ3) is 4.50. The van der Waals surface area contributed by atoms with E-state index in [1.54, 1.807) is 6.20 Å². The fraction of sp³-hybridized carbons (Fsp3) is 0.353. The number of amides is 2. The van der Waals surface area contributed by atoms with Crippen molar-refractivity contribution in [3.8, 4) is 0 Å². The molecule has 4 N–H and O–H groups in total. The fourth-order valence-corrected chi connectivity index (χ4v) is 2.15. The largest absolute Gasteiger partial charge is 0.350 e. The summed E-state index contributed by atoms with van der Waals surface area (Å²) in [5.74, 6) is -0.552. The maximum Gasteiger partial charge on any atom is 0.239 e. The average Bonchev–Trinajstić information content (AvgIpc) is 2.56. The van der Waals surface area contributed by atoms with Gasteiger partial charge in [-0.1, -0.05) is 38.1 Å². The Balaban J connectivity index is 1.88. The molecule has 0 aliphatic carbocycles. The lowest BCUT2D eigenvalue weighted by molar-refractivity contribution is -0.127. The minimum Gasteiger partial charge on any atom is -0.350 e. The minimum absolute atomic E-state index is 0.0276. The molecule has 0 bridgehead atoms. The molecule has 122 valence electrons. The van der Waals surface area contributed by atoms with Crippen LogP contribution in [0.3, 0.4) is 0 Å². The number of hydrogen-bond acceptors (Lipinski definition) is 4. The van der Waals surface area contributed by atoms with Crippen molar-refractivity contribution in [3.05, 3.63) is 42.1 Å². The number of nitrogens with zero attached hydrogens (tertiary/aromatic N) is 1. The van der Waals surface area contributed by atoms with E-state index in [9.17, 15) is 9.59 Å². The molecule has 0 spiro atoms. The van der Waals surface area contributed by atoms with Gasteiger partial charge in [-0.2, -0.15) is 0 Å². The van der Waals surface area contributed by atoms with Gasteiger partial charge in [-0.05, 0) is 17.5 Å². The molecule has 6 nitrogen and oxygen atoms in total. The standard InChI is InChI=1S/C17H22N4O2/c1-11(2)15(18)17(23)21-10-14(22)20-9-13-6-3-5-12-7-4-8-19-16(12)13/h3-8,11,15H,9-10,18H2,1-2H3,(H,20,22)(H,21,23)/t15-/m0/s1. The first-order valence-corrected chi connectivity index (χ1v) is 7.61. The number of carbonyl (C=O) groups excluding carboxylic acids is 2. The van der Waals surface area contributed by atoms with Crippen molar-refractivity contribution in [2.75, 3.05) is 6.54 Å². The Labute approximate surface area is 135 Å². The summed E-state index contributed by atoms with van der Waals surface area (Å²) in [6, 6.07) is 9.06. The van der Waals surface area contributed by atoms with E-state index in [0.717, 1.165) is 16.5 Å². The van der Waals surface area contributed by atoms with Gasteiger partial charge < -0.3 is 16.4 Å². The van der Waals surface area contributed by atoms with Gasteiger partial charge in [0.15, 0.2) is 0 Å². The van der Waals surface area contributed by atoms with E-state index in [1.807, 2.05) is 44.2 Å². The smallest absolute Gasteiger partial charge is 0.239 e. The number of carbonyl (C=O) groups is 2. The van der Waals surface area contributed by atoms with Crippen LogP contribution >= 0.6 is 0 Å². The summed E-state index contributed by atoms with van der Waals surface area (Å²) in [6.45, 7) is 3.99. The number of para-hydroxylation sites is 1. The van der Waals surface area contributed by atoms with E-state index >= 15 is 0 Å². The van der Waals surface area contributed by atoms with Crippen molar-refractivity contribution in [1.29, 1.82) is 0 Å². The Kier molecular flexibility index (Phi) is 5.65. The Bertz CT molecular complexity index is 695. The molecule has 2 amide bonds. The van der Waals surface area contributed by atoms with Crippen LogP contribution in [0, 0.1) is 5.92 Å². The summed E-state index contributed by atoms with van der Waals surface area (Å²) < 4.78 is 0. The lowest BCUT2D eigenvalue weighted by Crippen LogP contribution is -2.47. The van der Waals surface area contributed by atoms with Crippen molar-refractivity contribution in [3.63, 3.8) is 0 Å². The highest BCUT2D eigenvalue weighted by Gasteiger charge is 2.17. The van der Waals surface area contributed by atoms with Gasteiger partial charge in [0.1, 0.15) is 0 Å². The van der Waals surface area contributed by atoms with E-state index in [1.165, 1.54) is 0 Å². The van der Waals surface area contributed by atoms with Gasteiger partial charge in [-0.3, -0.25) is 14.6 Å². The van der Waals surface area contributed by atoms with E-state index in [0.29, 0.717) is 6.54 Å². The average molecular weight is 314 g/mol. The molecule has 1 aromatic heterocycles. The number of nitrogens with one attached hydrogen (secondary N) is 2. The van der Waals surface area contributed by atoms with E-state index in [4.69, 9.17) is 5.73 Å². The third-order valence-corrected chi connectivity index (χ3v) is 3.64. The van der Waals surface area contributed by atoms with Crippen LogP contribution in [0.4, 0.5) is 0 Å². The Hall–Kier alpha value is -2.47. The van der Waals surface area contributed by atoms with Gasteiger partial charge in [0.2, 0.25) is 11.8 Å². The summed E-state index contributed by atoms with van der Waals surface area (Å²) in [6.07, 6.45) is 1.72. The van der Waals surface area contributed by atoms with Crippen molar-refractivity contribution in [2.45, 2.75) is 26.4 Å². The zero-order chi connectivity index (χ0) is 16.8. The Morgan fingerprint density at radius 1 is 1.17 bits per heavy atom. The predicted octanol–water partition coefficient (Wildman–Crippen LogP) is 0.951. The maximum atomic E-state index is 11.9. The topological polar surface area (TPSA) is 97.1 Å². The minimum atomic E-state index is -0.606. The van der Waals surface area contributed by atoms with Crippen LogP contribution < -0.4 is 16.4 Å². The van der Waals surface area contributed by atoms with Gasteiger partial charge in [0.25, 0.3) is 0 Å². The van der Waals surface area contributed by atoms with Gasteiger partial charge >= 0.3 is 0 Å². The normalized spacial score (nSPS) is 12.2. The highest BCUT2D eigenvalue weighted by atomic mass is 16.2. The van der Waals surface area contributed by atoms with E-state index < -0.39 is 6.04 Å². The van der Waals surface area contributed by atoms with Crippen LogP contribution in [-0.4, -0.2) is 29.4 Å². The van der Waals surface area contributed by atoms with E-state index in [-0.39, 0.29) is 24.3 Å². The first-order valence-electron chi connectivity index (χ1n) is 7.61. The third-order valence-electron chi connectivity index (χ3n) is 3.64. The molecule has 0 unspecified atom stereocenters. The monoisotopic (exact) mass is 314 g/mol. The molecule has 0 saturated carbocycles. The summed E-state index contributed by atoms with van der Waals surface area (Å²) >= 11 is 0. The molecule has 0 aliphatic heterocycles. The van der Waals surface area contributed by atoms with Crippen LogP contribution in [0.15, 0.2) is 36.5 Å². The van der Waals surface area contributed by atoms with Crippen molar-refractivity contribution < 1.29 is 9.59 Å². The quantitative estimate of drug-likeness (QED) is 0.739. The first-order chi connectivity index (χ1) is 11.0. The molecular weight excluding hydrogens is 292 g/mol. The molecule has 0 aliphatic rings.